The zero-order valence-corrected chi connectivity index (χ0v) is 11.0. The van der Waals surface area contributed by atoms with Crippen molar-refractivity contribution in [3.05, 3.63) is 65.5 Å². The quantitative estimate of drug-likeness (QED) is 0.737. The van der Waals surface area contributed by atoms with Crippen LogP contribution in [0.2, 0.25) is 5.02 Å². The third kappa shape index (κ3) is 2.96. The fraction of sp³-hybridized carbons (Fsp3) is 0.0667. The van der Waals surface area contributed by atoms with Crippen LogP contribution in [-0.2, 0) is 0 Å². The number of ether oxygens (including phenoxy) is 1. The smallest absolute Gasteiger partial charge is 0.137 e. The molecule has 0 saturated heterocycles. The Bertz CT molecular complexity index is 633. The lowest BCUT2D eigenvalue weighted by atomic mass is 10.0. The van der Waals surface area contributed by atoms with Gasteiger partial charge in [-0.15, -0.1) is 0 Å². The second-order valence-corrected chi connectivity index (χ2v) is 4.31. The Kier molecular flexibility index (Phi) is 4.35. The minimum Gasteiger partial charge on any atom is -0.489 e. The molecule has 0 aliphatic heterocycles. The molecule has 0 aliphatic rings. The van der Waals surface area contributed by atoms with E-state index >= 15 is 0 Å². The molecule has 2 aromatic carbocycles. The van der Waals surface area contributed by atoms with Crippen LogP contribution < -0.4 is 4.74 Å². The van der Waals surface area contributed by atoms with E-state index in [4.69, 9.17) is 16.3 Å². The Hall–Kier alpha value is -1.94. The predicted molar refractivity (Wildman–Crippen MR) is 71.3 cm³/mol. The van der Waals surface area contributed by atoms with Crippen LogP contribution in [0.5, 0.6) is 5.75 Å². The van der Waals surface area contributed by atoms with Crippen LogP contribution >= 0.6 is 11.6 Å². The second kappa shape index (κ2) is 6.01. The fourth-order valence-electron chi connectivity index (χ4n) is 1.68. The molecule has 0 fully saturated rings. The van der Waals surface area contributed by atoms with E-state index in [1.807, 2.05) is 0 Å². The average Bonchev–Trinajstić information content (AvgIpc) is 2.39. The van der Waals surface area contributed by atoms with Crippen molar-refractivity contribution in [2.75, 3.05) is 6.61 Å². The van der Waals surface area contributed by atoms with Crippen LogP contribution in [0.1, 0.15) is 0 Å². The first-order valence-corrected chi connectivity index (χ1v) is 6.00. The maximum Gasteiger partial charge on any atom is 0.137 e. The Labute approximate surface area is 119 Å². The van der Waals surface area contributed by atoms with Crippen molar-refractivity contribution in [3.8, 4) is 16.9 Å². The SMILES string of the molecule is C=CCOc1cc(F)c(-c2cc(F)[c]cc2Cl)c(F)c1. The van der Waals surface area contributed by atoms with Gasteiger partial charge >= 0.3 is 0 Å². The summed E-state index contributed by atoms with van der Waals surface area (Å²) in [5, 5.41) is 0.00367. The largest absolute Gasteiger partial charge is 0.489 e. The molecular formula is C15H9ClF3O. The second-order valence-electron chi connectivity index (χ2n) is 3.90. The molecule has 0 spiro atoms. The summed E-state index contributed by atoms with van der Waals surface area (Å²) in [6.07, 6.45) is 1.45. The van der Waals surface area contributed by atoms with Crippen molar-refractivity contribution < 1.29 is 17.9 Å². The van der Waals surface area contributed by atoms with E-state index in [1.165, 1.54) is 6.08 Å². The Morgan fingerprint density at radius 3 is 2.45 bits per heavy atom. The highest BCUT2D eigenvalue weighted by atomic mass is 35.5. The molecule has 0 heterocycles. The van der Waals surface area contributed by atoms with E-state index in [2.05, 4.69) is 12.6 Å². The van der Waals surface area contributed by atoms with Crippen molar-refractivity contribution >= 4 is 11.6 Å². The van der Waals surface area contributed by atoms with Gasteiger partial charge in [-0.2, -0.15) is 0 Å². The molecule has 0 atom stereocenters. The lowest BCUT2D eigenvalue weighted by Crippen LogP contribution is -1.97. The summed E-state index contributed by atoms with van der Waals surface area (Å²) in [4.78, 5) is 0. The Balaban J connectivity index is 2.52. The number of hydrogen-bond donors (Lipinski definition) is 0. The van der Waals surface area contributed by atoms with Crippen LogP contribution in [-0.4, -0.2) is 6.61 Å². The normalized spacial score (nSPS) is 10.4. The first-order valence-electron chi connectivity index (χ1n) is 5.62. The molecule has 1 nitrogen and oxygen atoms in total. The van der Waals surface area contributed by atoms with E-state index in [1.54, 1.807) is 0 Å². The lowest BCUT2D eigenvalue weighted by Gasteiger charge is -2.10. The van der Waals surface area contributed by atoms with Crippen LogP contribution in [0, 0.1) is 23.5 Å². The van der Waals surface area contributed by atoms with Crippen LogP contribution in [0.3, 0.4) is 0 Å². The van der Waals surface area contributed by atoms with Gasteiger partial charge in [0.05, 0.1) is 5.56 Å². The van der Waals surface area contributed by atoms with Gasteiger partial charge in [0, 0.05) is 28.8 Å². The predicted octanol–water partition coefficient (Wildman–Crippen LogP) is 4.79. The first kappa shape index (κ1) is 14.5. The van der Waals surface area contributed by atoms with Gasteiger partial charge in [0.2, 0.25) is 0 Å². The number of halogens is 4. The van der Waals surface area contributed by atoms with Gasteiger partial charge in [0.25, 0.3) is 0 Å². The number of rotatable bonds is 4. The Morgan fingerprint density at radius 2 is 1.85 bits per heavy atom. The van der Waals surface area contributed by atoms with E-state index < -0.39 is 23.0 Å². The van der Waals surface area contributed by atoms with Crippen molar-refractivity contribution in [3.63, 3.8) is 0 Å². The third-order valence-corrected chi connectivity index (χ3v) is 2.83. The zero-order chi connectivity index (χ0) is 14.7. The lowest BCUT2D eigenvalue weighted by molar-refractivity contribution is 0.358. The molecule has 1 radical (unpaired) electrons. The molecule has 0 bridgehead atoms. The van der Waals surface area contributed by atoms with Crippen molar-refractivity contribution in [1.29, 1.82) is 0 Å². The van der Waals surface area contributed by atoms with E-state index in [-0.39, 0.29) is 22.9 Å². The highest BCUT2D eigenvalue weighted by Crippen LogP contribution is 2.34. The van der Waals surface area contributed by atoms with Gasteiger partial charge < -0.3 is 4.74 Å². The van der Waals surface area contributed by atoms with Crippen molar-refractivity contribution in [1.82, 2.24) is 0 Å². The molecule has 0 N–H and O–H groups in total. The van der Waals surface area contributed by atoms with Gasteiger partial charge in [0.15, 0.2) is 0 Å². The first-order chi connectivity index (χ1) is 9.52. The maximum absolute atomic E-state index is 14.0. The number of benzene rings is 2. The maximum atomic E-state index is 14.0. The standard InChI is InChI=1S/C15H9ClF3O/c1-2-5-20-10-7-13(18)15(14(19)8-10)11-6-9(17)3-4-12(11)16/h2,4,6-8H,1,5H2. The highest BCUT2D eigenvalue weighted by Gasteiger charge is 2.17. The molecule has 0 unspecified atom stereocenters. The average molecular weight is 298 g/mol. The minimum absolute atomic E-state index is 0.00367. The molecule has 0 aromatic heterocycles. The molecule has 2 aromatic rings. The number of hydrogen-bond acceptors (Lipinski definition) is 1. The van der Waals surface area contributed by atoms with E-state index in [0.29, 0.717) is 0 Å². The van der Waals surface area contributed by atoms with Crippen molar-refractivity contribution in [2.24, 2.45) is 0 Å². The topological polar surface area (TPSA) is 9.23 Å². The molecule has 0 amide bonds. The fourth-order valence-corrected chi connectivity index (χ4v) is 1.89. The van der Waals surface area contributed by atoms with Crippen molar-refractivity contribution in [2.45, 2.75) is 0 Å². The molecule has 0 saturated carbocycles. The zero-order valence-electron chi connectivity index (χ0n) is 10.2. The van der Waals surface area contributed by atoms with E-state index in [9.17, 15) is 13.2 Å². The molecule has 5 heteroatoms. The summed E-state index contributed by atoms with van der Waals surface area (Å²) in [5.74, 6) is -2.52. The summed E-state index contributed by atoms with van der Waals surface area (Å²) in [6, 6.07) is 6.27. The van der Waals surface area contributed by atoms with E-state index in [0.717, 1.165) is 24.3 Å². The molecule has 103 valence electrons. The Morgan fingerprint density at radius 1 is 1.20 bits per heavy atom. The molecular weight excluding hydrogens is 289 g/mol. The van der Waals surface area contributed by atoms with Crippen LogP contribution in [0.15, 0.2) is 36.9 Å². The summed E-state index contributed by atoms with van der Waals surface area (Å²) >= 11 is 5.82. The molecule has 0 aliphatic carbocycles. The van der Waals surface area contributed by atoms with Crippen LogP contribution in [0.4, 0.5) is 13.2 Å². The molecule has 20 heavy (non-hydrogen) atoms. The van der Waals surface area contributed by atoms with Crippen LogP contribution in [0.25, 0.3) is 11.1 Å². The van der Waals surface area contributed by atoms with Gasteiger partial charge in [-0.05, 0) is 12.1 Å². The van der Waals surface area contributed by atoms with Gasteiger partial charge in [-0.3, -0.25) is 0 Å². The van der Waals surface area contributed by atoms with Gasteiger partial charge in [-0.1, -0.05) is 24.3 Å². The summed E-state index contributed by atoms with van der Waals surface area (Å²) in [6.45, 7) is 3.55. The van der Waals surface area contributed by atoms with Gasteiger partial charge in [0.1, 0.15) is 29.8 Å². The summed E-state index contributed by atoms with van der Waals surface area (Å²) in [5.41, 5.74) is -0.484. The monoisotopic (exact) mass is 297 g/mol. The third-order valence-electron chi connectivity index (χ3n) is 2.52. The highest BCUT2D eigenvalue weighted by molar-refractivity contribution is 6.33. The molecule has 2 rings (SSSR count). The summed E-state index contributed by atoms with van der Waals surface area (Å²) in [7, 11) is 0. The summed E-state index contributed by atoms with van der Waals surface area (Å²) < 4.78 is 46.2. The minimum atomic E-state index is -0.892. The van der Waals surface area contributed by atoms with Gasteiger partial charge in [-0.25, -0.2) is 13.2 Å².